The fraction of sp³-hybridized carbons (Fsp3) is 0.100. The Morgan fingerprint density at radius 1 is 0.784 bits per heavy atom. The third-order valence-electron chi connectivity index (χ3n) is 6.27. The summed E-state index contributed by atoms with van der Waals surface area (Å²) in [7, 11) is 0. The molecule has 4 aromatic carbocycles. The second-order valence-electron chi connectivity index (χ2n) is 8.56. The van der Waals surface area contributed by atoms with Crippen LogP contribution in [0.15, 0.2) is 109 Å². The number of nitrogens with zero attached hydrogens (tertiary/aromatic N) is 2. The average Bonchev–Trinajstić information content (AvgIpc) is 2.92. The van der Waals surface area contributed by atoms with Gasteiger partial charge in [0, 0.05) is 31.2 Å². The zero-order chi connectivity index (χ0) is 26.4. The predicted octanol–water partition coefficient (Wildman–Crippen LogP) is 4.95. The number of benzene rings is 4. The molecule has 4 rings (SSSR count). The minimum absolute atomic E-state index is 0.140. The predicted molar refractivity (Wildman–Crippen MR) is 152 cm³/mol. The van der Waals surface area contributed by atoms with Crippen molar-refractivity contribution >= 4 is 51.7 Å². The molecule has 0 saturated heterocycles. The molecule has 0 aliphatic rings. The van der Waals surface area contributed by atoms with Crippen LogP contribution in [0.2, 0.25) is 0 Å². The van der Waals surface area contributed by atoms with Gasteiger partial charge in [0.25, 0.3) is 5.69 Å². The van der Waals surface area contributed by atoms with Crippen LogP contribution in [-0.4, -0.2) is 29.0 Å². The molecule has 0 spiro atoms. The van der Waals surface area contributed by atoms with E-state index in [0.29, 0.717) is 5.69 Å². The van der Waals surface area contributed by atoms with E-state index in [-0.39, 0.29) is 29.5 Å². The molecule has 7 heteroatoms. The summed E-state index contributed by atoms with van der Waals surface area (Å²) in [5.74, 6) is 1.57. The molecule has 0 bridgehead atoms. The molecule has 186 valence electrons. The number of nitro benzene ring substituents is 1. The van der Waals surface area contributed by atoms with Crippen LogP contribution < -0.4 is 20.8 Å². The van der Waals surface area contributed by atoms with E-state index in [2.05, 4.69) is 42.2 Å². The fourth-order valence-electron chi connectivity index (χ4n) is 4.51. The van der Waals surface area contributed by atoms with E-state index in [1.165, 1.54) is 36.9 Å². The van der Waals surface area contributed by atoms with Crippen molar-refractivity contribution < 1.29 is 14.5 Å². The lowest BCUT2D eigenvalue weighted by molar-refractivity contribution is -0.384. The van der Waals surface area contributed by atoms with Gasteiger partial charge in [0.15, 0.2) is 5.78 Å². The number of nitro groups is 1. The van der Waals surface area contributed by atoms with E-state index < -0.39 is 11.8 Å². The highest BCUT2D eigenvalue weighted by molar-refractivity contribution is 7.94. The van der Waals surface area contributed by atoms with Crippen molar-refractivity contribution in [3.8, 4) is 0 Å². The smallest absolute Gasteiger partial charge is 0.270 e. The number of rotatable bonds is 8. The summed E-state index contributed by atoms with van der Waals surface area (Å²) in [5, 5.41) is 14.7. The molecule has 0 N–H and O–H groups in total. The molecule has 0 unspecified atom stereocenters. The zero-order valence-corrected chi connectivity index (χ0v) is 21.5. The van der Waals surface area contributed by atoms with E-state index in [0.717, 1.165) is 15.9 Å². The van der Waals surface area contributed by atoms with E-state index >= 15 is 0 Å². The maximum atomic E-state index is 12.9. The van der Waals surface area contributed by atoms with Crippen LogP contribution in [0.3, 0.4) is 0 Å². The number of anilines is 1. The van der Waals surface area contributed by atoms with Gasteiger partial charge in [-0.1, -0.05) is 96.8 Å². The van der Waals surface area contributed by atoms with Crippen LogP contribution in [0.1, 0.15) is 24.2 Å². The summed E-state index contributed by atoms with van der Waals surface area (Å²) in [4.78, 5) is 37.7. The van der Waals surface area contributed by atoms with Gasteiger partial charge < -0.3 is 4.90 Å². The van der Waals surface area contributed by atoms with Gasteiger partial charge in [-0.3, -0.25) is 19.7 Å². The van der Waals surface area contributed by atoms with Gasteiger partial charge in [0.05, 0.1) is 10.6 Å². The van der Waals surface area contributed by atoms with Crippen molar-refractivity contribution in [1.29, 1.82) is 0 Å². The first-order valence-electron chi connectivity index (χ1n) is 11.8. The van der Waals surface area contributed by atoms with E-state index in [1.54, 1.807) is 0 Å². The number of non-ortho nitro benzene ring substituents is 1. The molecular weight excluding hydrogens is 483 g/mol. The summed E-state index contributed by atoms with van der Waals surface area (Å²) in [6, 6.07) is 34.7. The topological polar surface area (TPSA) is 80.5 Å². The van der Waals surface area contributed by atoms with Gasteiger partial charge in [0.2, 0.25) is 5.91 Å². The number of Topliss-reactive ketones (excluding diaryl/α,β-unsaturated/α-hetero) is 1. The van der Waals surface area contributed by atoms with Crippen LogP contribution in [0.5, 0.6) is 0 Å². The Kier molecular flexibility index (Phi) is 7.80. The number of hydrogen-bond acceptors (Lipinski definition) is 4. The molecule has 0 aliphatic heterocycles. The molecule has 37 heavy (non-hydrogen) atoms. The van der Waals surface area contributed by atoms with E-state index in [4.69, 9.17) is 0 Å². The standard InChI is InChI=1S/C30H27N2O4P/c1-23(33)29-22-25(32(35)36)18-19-30(29)31(24(2)34)20-21-37(26-12-6-3-7-13-26,27-14-8-4-9-15-27)28-16-10-5-11-17-28/h3-19,21-22H,20H2,1-2H3. The van der Waals surface area contributed by atoms with Crippen LogP contribution >= 0.6 is 6.89 Å². The first-order valence-corrected chi connectivity index (χ1v) is 13.7. The monoisotopic (exact) mass is 510 g/mol. The lowest BCUT2D eigenvalue weighted by Crippen LogP contribution is -2.35. The van der Waals surface area contributed by atoms with Gasteiger partial charge in [-0.15, -0.1) is 0 Å². The summed E-state index contributed by atoms with van der Waals surface area (Å²) in [5.41, 5.74) is 0.302. The molecule has 0 fully saturated rings. The number of amides is 1. The van der Waals surface area contributed by atoms with Crippen LogP contribution in [-0.2, 0) is 4.79 Å². The highest BCUT2D eigenvalue weighted by Crippen LogP contribution is 2.43. The van der Waals surface area contributed by atoms with Crippen molar-refractivity contribution in [2.75, 3.05) is 11.4 Å². The SMILES string of the molecule is CC(=O)c1cc([N+](=O)[O-])ccc1N(CC=P(c1ccccc1)(c1ccccc1)c1ccccc1)C(C)=O. The van der Waals surface area contributed by atoms with Crippen molar-refractivity contribution in [3.63, 3.8) is 0 Å². The maximum absolute atomic E-state index is 12.9. The van der Waals surface area contributed by atoms with E-state index in [1.807, 2.05) is 54.6 Å². The van der Waals surface area contributed by atoms with Gasteiger partial charge in [0.1, 0.15) is 0 Å². The van der Waals surface area contributed by atoms with Crippen molar-refractivity contribution in [1.82, 2.24) is 0 Å². The van der Waals surface area contributed by atoms with Crippen molar-refractivity contribution in [3.05, 3.63) is 125 Å². The minimum atomic E-state index is -2.34. The van der Waals surface area contributed by atoms with Crippen molar-refractivity contribution in [2.45, 2.75) is 13.8 Å². The second-order valence-corrected chi connectivity index (χ2v) is 11.9. The van der Waals surface area contributed by atoms with Crippen LogP contribution in [0, 0.1) is 10.1 Å². The van der Waals surface area contributed by atoms with Crippen LogP contribution in [0.4, 0.5) is 11.4 Å². The average molecular weight is 511 g/mol. The number of carbonyl (C=O) groups is 2. The molecular formula is C30H27N2O4P. The highest BCUT2D eigenvalue weighted by atomic mass is 31.2. The first-order chi connectivity index (χ1) is 17.8. The van der Waals surface area contributed by atoms with Gasteiger partial charge in [-0.05, 0) is 35.8 Å². The number of hydrogen-bond donors (Lipinski definition) is 0. The summed E-state index contributed by atoms with van der Waals surface area (Å²) >= 11 is 0. The quantitative estimate of drug-likeness (QED) is 0.145. The second kappa shape index (κ2) is 11.2. The fourth-order valence-corrected chi connectivity index (χ4v) is 8.37. The minimum Gasteiger partial charge on any atom is -0.308 e. The number of carbonyl (C=O) groups excluding carboxylic acids is 2. The largest absolute Gasteiger partial charge is 0.308 e. The molecule has 0 heterocycles. The molecule has 4 aromatic rings. The third-order valence-corrected chi connectivity index (χ3v) is 10.3. The zero-order valence-electron chi connectivity index (χ0n) is 20.7. The lowest BCUT2D eigenvalue weighted by atomic mass is 10.1. The van der Waals surface area contributed by atoms with Gasteiger partial charge in [-0.25, -0.2) is 0 Å². The molecule has 0 saturated carbocycles. The van der Waals surface area contributed by atoms with Gasteiger partial charge >= 0.3 is 0 Å². The summed E-state index contributed by atoms with van der Waals surface area (Å²) in [6.07, 6.45) is 0. The molecule has 6 nitrogen and oxygen atoms in total. The first kappa shape index (κ1) is 25.8. The summed E-state index contributed by atoms with van der Waals surface area (Å²) in [6.45, 7) is 0.649. The Hall–Kier alpha value is -4.28. The number of ketones is 1. The maximum Gasteiger partial charge on any atom is 0.270 e. The van der Waals surface area contributed by atoms with Crippen molar-refractivity contribution in [2.24, 2.45) is 0 Å². The molecule has 0 radical (unpaired) electrons. The molecule has 0 aliphatic carbocycles. The van der Waals surface area contributed by atoms with Gasteiger partial charge in [-0.2, -0.15) is 0 Å². The molecule has 0 aromatic heterocycles. The molecule has 0 atom stereocenters. The normalized spacial score (nSPS) is 11.0. The summed E-state index contributed by atoms with van der Waals surface area (Å²) < 4.78 is 0. The molecule has 1 amide bonds. The Morgan fingerprint density at radius 3 is 1.62 bits per heavy atom. The third kappa shape index (κ3) is 5.30. The Bertz CT molecular complexity index is 1380. The Balaban J connectivity index is 1.97. The van der Waals surface area contributed by atoms with E-state index in [9.17, 15) is 19.7 Å². The Labute approximate surface area is 216 Å². The highest BCUT2D eigenvalue weighted by Gasteiger charge is 2.27. The van der Waals surface area contributed by atoms with Crippen LogP contribution in [0.25, 0.3) is 0 Å². The Morgan fingerprint density at radius 2 is 1.24 bits per heavy atom. The lowest BCUT2D eigenvalue weighted by Gasteiger charge is -2.31.